The number of pyridine rings is 1. The maximum absolute atomic E-state index is 12.5. The molecule has 1 saturated heterocycles. The molecule has 1 aliphatic heterocycles. The fourth-order valence-corrected chi connectivity index (χ4v) is 4.34. The number of hydrogen-bond donors (Lipinski definition) is 1. The first kappa shape index (κ1) is 19.3. The minimum atomic E-state index is -0.351. The number of benzene rings is 1. The third-order valence-electron chi connectivity index (χ3n) is 4.78. The topological polar surface area (TPSA) is 84.4 Å². The highest BCUT2D eigenvalue weighted by Gasteiger charge is 2.36. The zero-order valence-electron chi connectivity index (χ0n) is 16.1. The average molecular weight is 410 g/mol. The summed E-state index contributed by atoms with van der Waals surface area (Å²) in [6.07, 6.45) is 4.24. The summed E-state index contributed by atoms with van der Waals surface area (Å²) in [4.78, 5) is 35.1. The summed E-state index contributed by atoms with van der Waals surface area (Å²) in [5.41, 5.74) is 2.04. The van der Waals surface area contributed by atoms with E-state index in [1.54, 1.807) is 17.3 Å². The summed E-state index contributed by atoms with van der Waals surface area (Å²) in [6.45, 7) is 3.40. The first-order valence-corrected chi connectivity index (χ1v) is 10.4. The number of rotatable bonds is 7. The maximum Gasteiger partial charge on any atom is 0.229 e. The largest absolute Gasteiger partial charge is 0.492 e. The Kier molecular flexibility index (Phi) is 5.71. The van der Waals surface area contributed by atoms with Gasteiger partial charge in [-0.05, 0) is 43.2 Å². The Bertz CT molecular complexity index is 1020. The van der Waals surface area contributed by atoms with Crippen LogP contribution in [0.15, 0.2) is 42.7 Å². The van der Waals surface area contributed by atoms with Crippen molar-refractivity contribution >= 4 is 38.5 Å². The van der Waals surface area contributed by atoms with Gasteiger partial charge in [0.05, 0.1) is 28.9 Å². The van der Waals surface area contributed by atoms with Crippen LogP contribution in [0.1, 0.15) is 18.4 Å². The minimum absolute atomic E-state index is 0.0548. The average Bonchev–Trinajstić information content (AvgIpc) is 3.31. The van der Waals surface area contributed by atoms with Gasteiger partial charge in [0.2, 0.25) is 11.8 Å². The van der Waals surface area contributed by atoms with Crippen molar-refractivity contribution in [2.45, 2.75) is 19.8 Å². The van der Waals surface area contributed by atoms with E-state index in [0.717, 1.165) is 15.8 Å². The molecule has 0 spiro atoms. The Balaban J connectivity index is 1.27. The molecule has 0 bridgehead atoms. The van der Waals surface area contributed by atoms with E-state index in [4.69, 9.17) is 4.74 Å². The van der Waals surface area contributed by atoms with Crippen LogP contribution in [0.5, 0.6) is 5.75 Å². The molecule has 29 heavy (non-hydrogen) atoms. The molecular weight excluding hydrogens is 388 g/mol. The molecule has 1 atom stereocenters. The highest BCUT2D eigenvalue weighted by Crippen LogP contribution is 2.33. The molecule has 0 radical (unpaired) electrons. The molecule has 150 valence electrons. The predicted molar refractivity (Wildman–Crippen MR) is 112 cm³/mol. The molecule has 3 aromatic rings. The van der Waals surface area contributed by atoms with E-state index in [1.807, 2.05) is 31.2 Å². The van der Waals surface area contributed by atoms with Crippen molar-refractivity contribution in [1.29, 1.82) is 0 Å². The first-order chi connectivity index (χ1) is 14.1. The molecule has 1 aromatic carbocycles. The number of nitrogens with zero attached hydrogens (tertiary/aromatic N) is 3. The number of carbonyl (C=O) groups is 2. The number of thiazole rings is 1. The second-order valence-corrected chi connectivity index (χ2v) is 8.06. The molecule has 1 fully saturated rings. The lowest BCUT2D eigenvalue weighted by molar-refractivity contribution is -0.126. The van der Waals surface area contributed by atoms with Crippen LogP contribution >= 0.6 is 11.3 Å². The third kappa shape index (κ3) is 4.54. The Labute approximate surface area is 172 Å². The molecular formula is C21H22N4O3S. The van der Waals surface area contributed by atoms with Crippen molar-refractivity contribution < 1.29 is 14.3 Å². The summed E-state index contributed by atoms with van der Waals surface area (Å²) in [5, 5.41) is 3.57. The van der Waals surface area contributed by atoms with Gasteiger partial charge in [0, 0.05) is 25.7 Å². The molecule has 7 nitrogen and oxygen atoms in total. The summed E-state index contributed by atoms with van der Waals surface area (Å²) < 4.78 is 6.61. The predicted octanol–water partition coefficient (Wildman–Crippen LogP) is 2.94. The Morgan fingerprint density at radius 1 is 1.38 bits per heavy atom. The fraction of sp³-hybridized carbons (Fsp3) is 0.333. The quantitative estimate of drug-likeness (QED) is 0.606. The Morgan fingerprint density at radius 2 is 2.28 bits per heavy atom. The van der Waals surface area contributed by atoms with Crippen molar-refractivity contribution in [2.24, 2.45) is 5.92 Å². The number of hydrogen-bond acceptors (Lipinski definition) is 6. The van der Waals surface area contributed by atoms with Crippen LogP contribution in [0.3, 0.4) is 0 Å². The van der Waals surface area contributed by atoms with Crippen LogP contribution in [0.2, 0.25) is 0 Å². The van der Waals surface area contributed by atoms with Gasteiger partial charge in [0.1, 0.15) is 5.75 Å². The van der Waals surface area contributed by atoms with Gasteiger partial charge < -0.3 is 10.1 Å². The molecule has 1 unspecified atom stereocenters. The second-order valence-electron chi connectivity index (χ2n) is 7.05. The van der Waals surface area contributed by atoms with Crippen LogP contribution in [-0.4, -0.2) is 41.5 Å². The lowest BCUT2D eigenvalue weighted by Gasteiger charge is -2.13. The molecule has 4 rings (SSSR count). The van der Waals surface area contributed by atoms with Crippen molar-refractivity contribution in [3.63, 3.8) is 0 Å². The van der Waals surface area contributed by atoms with Crippen LogP contribution in [0.25, 0.3) is 10.2 Å². The number of fused-ring (bicyclic) bond motifs is 1. The third-order valence-corrected chi connectivity index (χ3v) is 5.82. The molecule has 0 saturated carbocycles. The molecule has 2 aromatic heterocycles. The minimum Gasteiger partial charge on any atom is -0.492 e. The van der Waals surface area contributed by atoms with Crippen LogP contribution in [0.4, 0.5) is 5.13 Å². The highest BCUT2D eigenvalue weighted by atomic mass is 32.1. The smallest absolute Gasteiger partial charge is 0.229 e. The van der Waals surface area contributed by atoms with Crippen molar-refractivity contribution in [3.8, 4) is 5.75 Å². The number of carbonyl (C=O) groups excluding carboxylic acids is 2. The van der Waals surface area contributed by atoms with E-state index in [-0.39, 0.29) is 24.2 Å². The van der Waals surface area contributed by atoms with Gasteiger partial charge in [0.15, 0.2) is 5.13 Å². The van der Waals surface area contributed by atoms with E-state index < -0.39 is 0 Å². The lowest BCUT2D eigenvalue weighted by Crippen LogP contribution is -2.34. The van der Waals surface area contributed by atoms with Gasteiger partial charge in [-0.25, -0.2) is 4.98 Å². The van der Waals surface area contributed by atoms with E-state index in [1.165, 1.54) is 11.3 Å². The zero-order chi connectivity index (χ0) is 20.2. The number of nitrogens with one attached hydrogen (secondary N) is 1. The van der Waals surface area contributed by atoms with Gasteiger partial charge in [0.25, 0.3) is 0 Å². The molecule has 2 amide bonds. The van der Waals surface area contributed by atoms with Gasteiger partial charge in [-0.2, -0.15) is 0 Å². The Hall–Kier alpha value is -3.00. The van der Waals surface area contributed by atoms with Gasteiger partial charge in [-0.1, -0.05) is 17.4 Å². The van der Waals surface area contributed by atoms with Gasteiger partial charge >= 0.3 is 0 Å². The van der Waals surface area contributed by atoms with Crippen molar-refractivity contribution in [3.05, 3.63) is 48.3 Å². The number of anilines is 1. The summed E-state index contributed by atoms with van der Waals surface area (Å²) in [6, 6.07) is 9.68. The molecule has 8 heteroatoms. The van der Waals surface area contributed by atoms with Crippen LogP contribution < -0.4 is 15.0 Å². The van der Waals surface area contributed by atoms with E-state index in [2.05, 4.69) is 21.4 Å². The molecule has 3 heterocycles. The lowest BCUT2D eigenvalue weighted by atomic mass is 10.1. The van der Waals surface area contributed by atoms with Gasteiger partial charge in [-0.15, -0.1) is 0 Å². The normalized spacial score (nSPS) is 16.4. The van der Waals surface area contributed by atoms with Crippen LogP contribution in [0, 0.1) is 12.8 Å². The zero-order valence-corrected chi connectivity index (χ0v) is 16.9. The summed E-state index contributed by atoms with van der Waals surface area (Å²) in [7, 11) is 0. The summed E-state index contributed by atoms with van der Waals surface area (Å²) in [5.74, 6) is 0.206. The summed E-state index contributed by atoms with van der Waals surface area (Å²) >= 11 is 1.49. The monoisotopic (exact) mass is 410 g/mol. The van der Waals surface area contributed by atoms with Crippen molar-refractivity contribution in [1.82, 2.24) is 15.3 Å². The SMILES string of the molecule is Cc1ccc2nc(N3CC(C(=O)NCCCOc4cccnc4)CC3=O)sc2c1. The van der Waals surface area contributed by atoms with Gasteiger partial charge in [-0.3, -0.25) is 19.5 Å². The molecule has 1 N–H and O–H groups in total. The standard InChI is InChI=1S/C21H22N4O3S/c1-14-5-6-17-18(10-14)29-21(24-17)25-13-15(11-19(25)26)20(27)23-8-3-9-28-16-4-2-7-22-12-16/h2,4-7,10,12,15H,3,8-9,11,13H2,1H3,(H,23,27). The molecule has 0 aliphatic carbocycles. The maximum atomic E-state index is 12.5. The first-order valence-electron chi connectivity index (χ1n) is 9.58. The molecule has 1 aliphatic rings. The number of aryl methyl sites for hydroxylation is 1. The number of aromatic nitrogens is 2. The van der Waals surface area contributed by atoms with E-state index in [0.29, 0.717) is 37.0 Å². The second kappa shape index (κ2) is 8.57. The fourth-order valence-electron chi connectivity index (χ4n) is 3.25. The van der Waals surface area contributed by atoms with Crippen LogP contribution in [-0.2, 0) is 9.59 Å². The van der Waals surface area contributed by atoms with Crippen molar-refractivity contribution in [2.75, 3.05) is 24.6 Å². The van der Waals surface area contributed by atoms with E-state index in [9.17, 15) is 9.59 Å². The number of amides is 2. The number of ether oxygens (including phenoxy) is 1. The van der Waals surface area contributed by atoms with E-state index >= 15 is 0 Å². The highest BCUT2D eigenvalue weighted by molar-refractivity contribution is 7.22. The Morgan fingerprint density at radius 3 is 3.10 bits per heavy atom.